The van der Waals surface area contributed by atoms with Crippen molar-refractivity contribution in [2.24, 2.45) is 0 Å². The maximum absolute atomic E-state index is 2.18. The molecule has 0 N–H and O–H groups in total. The first-order valence-electron chi connectivity index (χ1n) is 4.00. The summed E-state index contributed by atoms with van der Waals surface area (Å²) in [6.07, 6.45) is 5.42. The van der Waals surface area contributed by atoms with Crippen LogP contribution < -0.4 is 0 Å². The lowest BCUT2D eigenvalue weighted by atomic mass is 10.2. The molecule has 62 valence electrons. The van der Waals surface area contributed by atoms with Gasteiger partial charge in [-0.15, -0.1) is 0 Å². The Balaban J connectivity index is 2.79. The van der Waals surface area contributed by atoms with E-state index in [4.69, 9.17) is 0 Å². The fourth-order valence-corrected chi connectivity index (χ4v) is 1.21. The van der Waals surface area contributed by atoms with E-state index in [9.17, 15) is 0 Å². The molecule has 0 aromatic heterocycles. The van der Waals surface area contributed by atoms with E-state index in [1.165, 1.54) is 11.4 Å². The van der Waals surface area contributed by atoms with Gasteiger partial charge in [-0.3, -0.25) is 0 Å². The highest BCUT2D eigenvalue weighted by molar-refractivity contribution is 5.15. The highest BCUT2D eigenvalue weighted by Crippen LogP contribution is 2.17. The van der Waals surface area contributed by atoms with Gasteiger partial charge in [-0.25, -0.2) is 0 Å². The van der Waals surface area contributed by atoms with Crippen LogP contribution in [-0.4, -0.2) is 23.9 Å². The molecule has 11 heavy (non-hydrogen) atoms. The van der Waals surface area contributed by atoms with Crippen molar-refractivity contribution in [1.82, 2.24) is 9.80 Å². The van der Waals surface area contributed by atoms with Gasteiger partial charge in [0, 0.05) is 37.9 Å². The fraction of sp³-hybridized carbons (Fsp3) is 0.556. The van der Waals surface area contributed by atoms with E-state index >= 15 is 0 Å². The van der Waals surface area contributed by atoms with Gasteiger partial charge in [0.25, 0.3) is 0 Å². The first-order chi connectivity index (χ1) is 5.15. The van der Waals surface area contributed by atoms with Gasteiger partial charge in [-0.1, -0.05) is 6.92 Å². The van der Waals surface area contributed by atoms with Crippen LogP contribution in [0.25, 0.3) is 0 Å². The molecule has 0 atom stereocenters. The molecular formula is C9H16N2. The van der Waals surface area contributed by atoms with Crippen molar-refractivity contribution in [3.8, 4) is 0 Å². The average molecular weight is 152 g/mol. The molecule has 1 rings (SSSR count). The molecule has 0 fully saturated rings. The number of nitrogens with zero attached hydrogens (tertiary/aromatic N) is 2. The lowest BCUT2D eigenvalue weighted by molar-refractivity contribution is 0.439. The second-order valence-corrected chi connectivity index (χ2v) is 2.97. The number of hydrogen-bond donors (Lipinski definition) is 0. The molecule has 1 aliphatic heterocycles. The van der Waals surface area contributed by atoms with Crippen LogP contribution in [0.5, 0.6) is 0 Å². The Bertz CT molecular complexity index is 204. The van der Waals surface area contributed by atoms with Gasteiger partial charge in [0.1, 0.15) is 0 Å². The molecule has 1 heterocycles. The molecular weight excluding hydrogens is 136 g/mol. The van der Waals surface area contributed by atoms with Crippen molar-refractivity contribution in [2.45, 2.75) is 20.3 Å². The molecule has 1 aliphatic rings. The van der Waals surface area contributed by atoms with Crippen molar-refractivity contribution >= 4 is 0 Å². The lowest BCUT2D eigenvalue weighted by Gasteiger charge is -2.28. The van der Waals surface area contributed by atoms with Crippen molar-refractivity contribution in [3.05, 3.63) is 23.8 Å². The SMILES string of the molecule is CCC1=CN(C)C(C)=CN1C. The Labute approximate surface area is 68.8 Å². The minimum Gasteiger partial charge on any atom is -0.352 e. The van der Waals surface area contributed by atoms with Gasteiger partial charge in [0.2, 0.25) is 0 Å². The van der Waals surface area contributed by atoms with Crippen LogP contribution in [0.1, 0.15) is 20.3 Å². The molecule has 0 radical (unpaired) electrons. The molecule has 2 heteroatoms. The van der Waals surface area contributed by atoms with Gasteiger partial charge in [0.05, 0.1) is 0 Å². The summed E-state index contributed by atoms with van der Waals surface area (Å²) >= 11 is 0. The summed E-state index contributed by atoms with van der Waals surface area (Å²) in [7, 11) is 4.17. The molecule has 0 aromatic carbocycles. The summed E-state index contributed by atoms with van der Waals surface area (Å²) in [5.74, 6) is 0. The van der Waals surface area contributed by atoms with E-state index in [1.807, 2.05) is 0 Å². The first kappa shape index (κ1) is 8.18. The Kier molecular flexibility index (Phi) is 2.22. The van der Waals surface area contributed by atoms with Crippen LogP contribution in [0.15, 0.2) is 23.8 Å². The molecule has 0 aliphatic carbocycles. The Morgan fingerprint density at radius 2 is 1.82 bits per heavy atom. The Morgan fingerprint density at radius 1 is 1.18 bits per heavy atom. The molecule has 0 saturated carbocycles. The van der Waals surface area contributed by atoms with Crippen molar-refractivity contribution < 1.29 is 0 Å². The summed E-state index contributed by atoms with van der Waals surface area (Å²) < 4.78 is 0. The van der Waals surface area contributed by atoms with E-state index in [0.29, 0.717) is 0 Å². The van der Waals surface area contributed by atoms with Crippen LogP contribution >= 0.6 is 0 Å². The Hall–Kier alpha value is -0.920. The monoisotopic (exact) mass is 152 g/mol. The molecule has 0 saturated heterocycles. The van der Waals surface area contributed by atoms with Crippen molar-refractivity contribution in [3.63, 3.8) is 0 Å². The van der Waals surface area contributed by atoms with Gasteiger partial charge in [-0.05, 0) is 13.3 Å². The fourth-order valence-electron chi connectivity index (χ4n) is 1.21. The zero-order chi connectivity index (χ0) is 8.43. The van der Waals surface area contributed by atoms with Crippen LogP contribution in [0.4, 0.5) is 0 Å². The van der Waals surface area contributed by atoms with Crippen molar-refractivity contribution in [2.75, 3.05) is 14.1 Å². The predicted molar refractivity (Wildman–Crippen MR) is 47.7 cm³/mol. The molecule has 0 unspecified atom stereocenters. The number of allylic oxidation sites excluding steroid dienone is 2. The van der Waals surface area contributed by atoms with Gasteiger partial charge >= 0.3 is 0 Å². The van der Waals surface area contributed by atoms with Gasteiger partial charge in [0.15, 0.2) is 0 Å². The summed E-state index contributed by atoms with van der Waals surface area (Å²) in [4.78, 5) is 4.33. The smallest absolute Gasteiger partial charge is 0.0332 e. The third kappa shape index (κ3) is 1.56. The maximum atomic E-state index is 2.18. The van der Waals surface area contributed by atoms with E-state index in [1.54, 1.807) is 0 Å². The largest absolute Gasteiger partial charge is 0.352 e. The standard InChI is InChI=1S/C9H16N2/c1-5-9-7-10(3)8(2)6-11(9)4/h6-7H,5H2,1-4H3. The summed E-state index contributed by atoms with van der Waals surface area (Å²) in [5, 5.41) is 0. The van der Waals surface area contributed by atoms with Crippen LogP contribution in [0.3, 0.4) is 0 Å². The number of rotatable bonds is 1. The second kappa shape index (κ2) is 2.99. The Morgan fingerprint density at radius 3 is 2.36 bits per heavy atom. The van der Waals surface area contributed by atoms with E-state index < -0.39 is 0 Å². The second-order valence-electron chi connectivity index (χ2n) is 2.97. The quantitative estimate of drug-likeness (QED) is 0.567. The molecule has 0 bridgehead atoms. The topological polar surface area (TPSA) is 6.48 Å². The molecule has 0 aromatic rings. The first-order valence-corrected chi connectivity index (χ1v) is 4.00. The van der Waals surface area contributed by atoms with Crippen LogP contribution in [0.2, 0.25) is 0 Å². The van der Waals surface area contributed by atoms with Crippen molar-refractivity contribution in [1.29, 1.82) is 0 Å². The minimum atomic E-state index is 1.09. The van der Waals surface area contributed by atoms with Gasteiger partial charge < -0.3 is 9.80 Å². The van der Waals surface area contributed by atoms with E-state index in [-0.39, 0.29) is 0 Å². The molecule has 0 amide bonds. The maximum Gasteiger partial charge on any atom is 0.0332 e. The highest BCUT2D eigenvalue weighted by atomic mass is 15.2. The zero-order valence-corrected chi connectivity index (χ0v) is 7.76. The van der Waals surface area contributed by atoms with Gasteiger partial charge in [-0.2, -0.15) is 0 Å². The van der Waals surface area contributed by atoms with Crippen LogP contribution in [-0.2, 0) is 0 Å². The average Bonchev–Trinajstić information content (AvgIpc) is 1.97. The number of hydrogen-bond acceptors (Lipinski definition) is 2. The van der Waals surface area contributed by atoms with E-state index in [2.05, 4.69) is 50.1 Å². The normalized spacial score (nSPS) is 18.2. The third-order valence-electron chi connectivity index (χ3n) is 2.09. The predicted octanol–water partition coefficient (Wildman–Crippen LogP) is 1.98. The third-order valence-corrected chi connectivity index (χ3v) is 2.09. The zero-order valence-electron chi connectivity index (χ0n) is 7.76. The summed E-state index contributed by atoms with van der Waals surface area (Å²) in [6, 6.07) is 0. The summed E-state index contributed by atoms with van der Waals surface area (Å²) in [5.41, 5.74) is 2.64. The molecule has 2 nitrogen and oxygen atoms in total. The highest BCUT2D eigenvalue weighted by Gasteiger charge is 2.08. The summed E-state index contributed by atoms with van der Waals surface area (Å²) in [6.45, 7) is 4.28. The minimum absolute atomic E-state index is 1.09. The lowest BCUT2D eigenvalue weighted by Crippen LogP contribution is -2.22. The van der Waals surface area contributed by atoms with E-state index in [0.717, 1.165) is 6.42 Å². The molecule has 0 spiro atoms. The van der Waals surface area contributed by atoms with Crippen LogP contribution in [0, 0.1) is 0 Å².